The molecule has 0 fully saturated rings. The second-order valence-electron chi connectivity index (χ2n) is 12.4. The Labute approximate surface area is 207 Å². The van der Waals surface area contributed by atoms with Gasteiger partial charge in [0.05, 0.1) is 0 Å². The van der Waals surface area contributed by atoms with Gasteiger partial charge >= 0.3 is 25.7 Å². The van der Waals surface area contributed by atoms with Gasteiger partial charge < -0.3 is 16.5 Å². The molecular weight excluding hydrogens is 481 g/mol. The second-order valence-corrected chi connectivity index (χ2v) is 32.3. The summed E-state index contributed by atoms with van der Waals surface area (Å²) in [5.74, 6) is 0. The summed E-state index contributed by atoms with van der Waals surface area (Å²) >= 11 is 0. The van der Waals surface area contributed by atoms with Crippen molar-refractivity contribution in [2.24, 2.45) is 0 Å². The van der Waals surface area contributed by atoms with E-state index in [2.05, 4.69) is 78.9 Å². The summed E-state index contributed by atoms with van der Waals surface area (Å²) in [7, 11) is -10.1. The summed E-state index contributed by atoms with van der Waals surface area (Å²) < 4.78 is 26.3. The van der Waals surface area contributed by atoms with E-state index in [1.807, 2.05) is 0 Å². The average molecular weight is 539 g/mol. The smallest absolute Gasteiger partial charge is 0.314 e. The van der Waals surface area contributed by atoms with Gasteiger partial charge in [-0.15, -0.1) is 0 Å². The lowest BCUT2D eigenvalue weighted by Crippen LogP contribution is -2.58. The summed E-state index contributed by atoms with van der Waals surface area (Å²) in [5, 5.41) is 0. The number of unbranched alkanes of at least 4 members (excludes halogenated alkanes) is 9. The summed E-state index contributed by atoms with van der Waals surface area (Å²) in [5.41, 5.74) is 0. The van der Waals surface area contributed by atoms with E-state index in [1.54, 1.807) is 0 Å². The van der Waals surface area contributed by atoms with Crippen LogP contribution in [0.3, 0.4) is 0 Å². The molecule has 0 heterocycles. The largest absolute Gasteiger partial charge is 0.437 e. The van der Waals surface area contributed by atoms with E-state index in [1.165, 1.54) is 70.3 Å². The molecule has 0 bridgehead atoms. The van der Waals surface area contributed by atoms with E-state index in [0.717, 1.165) is 0 Å². The van der Waals surface area contributed by atoms with Crippen LogP contribution in [0.1, 0.15) is 71.1 Å². The fourth-order valence-corrected chi connectivity index (χ4v) is 28.6. The zero-order chi connectivity index (χ0) is 25.1. The molecule has 0 aliphatic carbocycles. The maximum absolute atomic E-state index is 6.75. The third-order valence-corrected chi connectivity index (χ3v) is 23.2. The van der Waals surface area contributed by atoms with Crippen molar-refractivity contribution in [2.45, 2.75) is 149 Å². The lowest BCUT2D eigenvalue weighted by atomic mass is 10.1. The highest BCUT2D eigenvalue weighted by Gasteiger charge is 2.44. The van der Waals surface area contributed by atoms with Crippen molar-refractivity contribution in [2.75, 3.05) is 0 Å². The molecule has 0 spiro atoms. The van der Waals surface area contributed by atoms with Gasteiger partial charge in [-0.1, -0.05) is 71.1 Å². The number of hydrogen-bond acceptors (Lipinski definition) is 4. The molecule has 194 valence electrons. The average Bonchev–Trinajstić information content (AvgIpc) is 2.50. The molecule has 0 N–H and O–H groups in total. The van der Waals surface area contributed by atoms with Crippen molar-refractivity contribution in [3.8, 4) is 0 Å². The second kappa shape index (κ2) is 14.5. The lowest BCUT2D eigenvalue weighted by Gasteiger charge is -2.42. The minimum absolute atomic E-state index is 1.23. The van der Waals surface area contributed by atoms with Crippen LogP contribution in [0.4, 0.5) is 0 Å². The van der Waals surface area contributed by atoms with Gasteiger partial charge in [0, 0.05) is 0 Å². The van der Waals surface area contributed by atoms with Crippen molar-refractivity contribution in [3.63, 3.8) is 0 Å². The molecule has 0 aromatic heterocycles. The molecule has 0 radical (unpaired) electrons. The Hall–Kier alpha value is 0.924. The topological polar surface area (TPSA) is 36.9 Å². The van der Waals surface area contributed by atoms with Crippen molar-refractivity contribution in [1.29, 1.82) is 0 Å². The third kappa shape index (κ3) is 19.3. The van der Waals surface area contributed by atoms with Gasteiger partial charge in [-0.3, -0.25) is 0 Å². The fourth-order valence-electron chi connectivity index (χ4n) is 4.74. The molecule has 0 amide bonds. The summed E-state index contributed by atoms with van der Waals surface area (Å²) in [6.07, 6.45) is 13.8. The first-order valence-corrected chi connectivity index (χ1v) is 28.2. The molecule has 0 atom stereocenters. The molecule has 0 aliphatic heterocycles. The first-order valence-electron chi connectivity index (χ1n) is 13.2. The minimum atomic E-state index is -2.32. The zero-order valence-corrected chi connectivity index (χ0v) is 28.9. The van der Waals surface area contributed by atoms with Gasteiger partial charge in [0.1, 0.15) is 0 Å². The SMILES string of the molecule is CCCCCCCCCCCC[Si](C)(C)O[Si](C)(C)O[Si](C)(C)O[Si](C)(C)O[Si](C)(C)C. The van der Waals surface area contributed by atoms with Crippen molar-refractivity contribution >= 4 is 42.3 Å². The number of hydrogen-bond donors (Lipinski definition) is 0. The summed E-state index contributed by atoms with van der Waals surface area (Å²) in [6, 6.07) is 1.23. The minimum Gasteiger partial charge on any atom is -0.437 e. The molecule has 0 aliphatic rings. The first kappa shape index (κ1) is 32.9. The van der Waals surface area contributed by atoms with Crippen molar-refractivity contribution in [3.05, 3.63) is 0 Å². The Morgan fingerprint density at radius 3 is 1.16 bits per heavy atom. The Kier molecular flexibility index (Phi) is 14.9. The quantitative estimate of drug-likeness (QED) is 0.121. The van der Waals surface area contributed by atoms with Gasteiger partial charge in [0.15, 0.2) is 16.6 Å². The normalized spacial score (nSPS) is 14.2. The van der Waals surface area contributed by atoms with E-state index in [4.69, 9.17) is 16.5 Å². The van der Waals surface area contributed by atoms with Crippen LogP contribution in [0, 0.1) is 0 Å². The van der Waals surface area contributed by atoms with Gasteiger partial charge in [-0.2, -0.15) is 0 Å². The molecule has 0 aromatic carbocycles. The maximum atomic E-state index is 6.75. The van der Waals surface area contributed by atoms with Crippen LogP contribution in [0.5, 0.6) is 0 Å². The van der Waals surface area contributed by atoms with Crippen LogP contribution in [-0.4, -0.2) is 42.3 Å². The van der Waals surface area contributed by atoms with E-state index in [-0.39, 0.29) is 0 Å². The molecule has 0 saturated heterocycles. The van der Waals surface area contributed by atoms with Crippen molar-refractivity contribution < 1.29 is 16.5 Å². The fraction of sp³-hybridized carbons (Fsp3) is 1.00. The molecule has 4 nitrogen and oxygen atoms in total. The van der Waals surface area contributed by atoms with Crippen LogP contribution in [0.25, 0.3) is 0 Å². The van der Waals surface area contributed by atoms with Gasteiger partial charge in [-0.25, -0.2) is 0 Å². The maximum Gasteiger partial charge on any atom is 0.314 e. The van der Waals surface area contributed by atoms with E-state index in [9.17, 15) is 0 Å². The summed E-state index contributed by atoms with van der Waals surface area (Å²) in [6.45, 7) is 26.7. The van der Waals surface area contributed by atoms with Crippen LogP contribution >= 0.6 is 0 Å². The lowest BCUT2D eigenvalue weighted by molar-refractivity contribution is 0.299. The van der Waals surface area contributed by atoms with Gasteiger partial charge in [0.25, 0.3) is 0 Å². The monoisotopic (exact) mass is 538 g/mol. The highest BCUT2D eigenvalue weighted by molar-refractivity contribution is 6.90. The van der Waals surface area contributed by atoms with E-state index >= 15 is 0 Å². The van der Waals surface area contributed by atoms with Crippen LogP contribution in [-0.2, 0) is 16.5 Å². The first-order chi connectivity index (χ1) is 14.4. The van der Waals surface area contributed by atoms with Crippen LogP contribution < -0.4 is 0 Å². The standard InChI is InChI=1S/C23H58O4Si5/c1-13-14-15-16-17-18-19-20-21-22-23-29(5,6)25-31(9,10)27-32(11,12)26-30(7,8)24-28(2,3)4/h13-23H2,1-12H3. The van der Waals surface area contributed by atoms with Gasteiger partial charge in [-0.05, 0) is 78.1 Å². The predicted molar refractivity (Wildman–Crippen MR) is 154 cm³/mol. The molecule has 9 heteroatoms. The van der Waals surface area contributed by atoms with Gasteiger partial charge in [0.2, 0.25) is 0 Å². The number of rotatable bonds is 19. The van der Waals surface area contributed by atoms with Crippen molar-refractivity contribution in [1.82, 2.24) is 0 Å². The van der Waals surface area contributed by atoms with E-state index in [0.29, 0.717) is 0 Å². The molecule has 0 saturated carbocycles. The molecule has 0 aromatic rings. The highest BCUT2D eigenvalue weighted by atomic mass is 28.5. The third-order valence-electron chi connectivity index (χ3n) is 5.19. The van der Waals surface area contributed by atoms with Crippen LogP contribution in [0.15, 0.2) is 0 Å². The predicted octanol–water partition coefficient (Wildman–Crippen LogP) is 9.12. The highest BCUT2D eigenvalue weighted by Crippen LogP contribution is 2.28. The van der Waals surface area contributed by atoms with E-state index < -0.39 is 42.3 Å². The molecule has 0 unspecified atom stereocenters. The zero-order valence-electron chi connectivity index (χ0n) is 23.9. The van der Waals surface area contributed by atoms with Crippen LogP contribution in [0.2, 0.25) is 78.1 Å². The summed E-state index contributed by atoms with van der Waals surface area (Å²) in [4.78, 5) is 0. The molecular formula is C23H58O4Si5. The Morgan fingerprint density at radius 1 is 0.406 bits per heavy atom. The Balaban J connectivity index is 4.37. The molecule has 0 rings (SSSR count). The Bertz CT molecular complexity index is 505. The Morgan fingerprint density at radius 2 is 0.750 bits per heavy atom. The molecule has 32 heavy (non-hydrogen) atoms.